The van der Waals surface area contributed by atoms with E-state index in [1.54, 1.807) is 6.92 Å². The van der Waals surface area contributed by atoms with E-state index in [-0.39, 0.29) is 11.8 Å². The lowest BCUT2D eigenvalue weighted by atomic mass is 9.85. The zero-order valence-corrected chi connectivity index (χ0v) is 14.4. The lowest BCUT2D eigenvalue weighted by Gasteiger charge is -2.35. The second-order valence-corrected chi connectivity index (χ2v) is 6.16. The largest absolute Gasteiger partial charge is 0.481 e. The molecule has 0 aromatic heterocycles. The first-order valence-corrected chi connectivity index (χ1v) is 8.04. The number of likely N-dealkylation sites (tertiary alicyclic amines) is 1. The van der Waals surface area contributed by atoms with Crippen LogP contribution in [0.15, 0.2) is 36.1 Å². The summed E-state index contributed by atoms with van der Waals surface area (Å²) in [5.41, 5.74) is 1.92. The molecule has 1 saturated heterocycles. The minimum absolute atomic E-state index is 0.233. The molecule has 1 atom stereocenters. The first-order chi connectivity index (χ1) is 10.3. The van der Waals surface area contributed by atoms with Crippen molar-refractivity contribution in [3.05, 3.63) is 36.1 Å². The minimum Gasteiger partial charge on any atom is -0.481 e. The molecule has 0 aromatic carbocycles. The Morgan fingerprint density at radius 3 is 2.50 bits per heavy atom. The van der Waals surface area contributed by atoms with Gasteiger partial charge in [-0.05, 0) is 50.9 Å². The molecule has 1 aliphatic heterocycles. The highest BCUT2D eigenvalue weighted by Crippen LogP contribution is 2.25. The second kappa shape index (κ2) is 8.73. The molecular formula is C17H26N2O2S. The summed E-state index contributed by atoms with van der Waals surface area (Å²) in [6, 6.07) is 0. The quantitative estimate of drug-likeness (QED) is 0.601. The van der Waals surface area contributed by atoms with E-state index in [0.717, 1.165) is 37.2 Å². The van der Waals surface area contributed by atoms with Crippen molar-refractivity contribution in [2.24, 2.45) is 11.8 Å². The zero-order valence-electron chi connectivity index (χ0n) is 13.6. The van der Waals surface area contributed by atoms with Gasteiger partial charge in [0.05, 0.1) is 5.92 Å². The molecule has 4 nitrogen and oxygen atoms in total. The van der Waals surface area contributed by atoms with Gasteiger partial charge in [0, 0.05) is 18.8 Å². The summed E-state index contributed by atoms with van der Waals surface area (Å²) in [6.07, 6.45) is 7.63. The number of hydrogen-bond donors (Lipinski definition) is 2. The van der Waals surface area contributed by atoms with E-state index in [2.05, 4.69) is 16.8 Å². The molecule has 0 amide bonds. The second-order valence-electron chi connectivity index (χ2n) is 5.77. The third-order valence-corrected chi connectivity index (χ3v) is 4.55. The van der Waals surface area contributed by atoms with Gasteiger partial charge in [-0.1, -0.05) is 31.2 Å². The number of piperidine rings is 1. The van der Waals surface area contributed by atoms with E-state index in [9.17, 15) is 4.79 Å². The third-order valence-electron chi connectivity index (χ3n) is 4.19. The van der Waals surface area contributed by atoms with Gasteiger partial charge in [0.15, 0.2) is 5.11 Å². The topological polar surface area (TPSA) is 52.6 Å². The molecule has 122 valence electrons. The predicted molar refractivity (Wildman–Crippen MR) is 94.5 cm³/mol. The Bertz CT molecular complexity index is 489. The molecule has 1 rings (SSSR count). The summed E-state index contributed by atoms with van der Waals surface area (Å²) in [5.74, 6) is -0.764. The average Bonchev–Trinajstić information content (AvgIpc) is 2.51. The lowest BCUT2D eigenvalue weighted by Crippen LogP contribution is -2.45. The maximum atomic E-state index is 11.0. The van der Waals surface area contributed by atoms with Crippen LogP contribution in [0.2, 0.25) is 0 Å². The van der Waals surface area contributed by atoms with Crippen LogP contribution in [0.1, 0.15) is 33.6 Å². The fourth-order valence-corrected chi connectivity index (χ4v) is 2.70. The van der Waals surface area contributed by atoms with Crippen LogP contribution in [-0.4, -0.2) is 34.2 Å². The van der Waals surface area contributed by atoms with Gasteiger partial charge in [0.2, 0.25) is 0 Å². The highest BCUT2D eigenvalue weighted by molar-refractivity contribution is 7.80. The van der Waals surface area contributed by atoms with Crippen LogP contribution in [0.5, 0.6) is 0 Å². The Hall–Kier alpha value is -1.62. The highest BCUT2D eigenvalue weighted by atomic mass is 32.1. The molecule has 0 aliphatic carbocycles. The van der Waals surface area contributed by atoms with Crippen molar-refractivity contribution >= 4 is 23.3 Å². The molecule has 2 N–H and O–H groups in total. The van der Waals surface area contributed by atoms with Gasteiger partial charge in [-0.2, -0.15) is 0 Å². The molecule has 1 fully saturated rings. The van der Waals surface area contributed by atoms with Crippen molar-refractivity contribution in [2.45, 2.75) is 33.6 Å². The summed E-state index contributed by atoms with van der Waals surface area (Å²) in [6.45, 7) is 11.3. The zero-order chi connectivity index (χ0) is 16.7. The summed E-state index contributed by atoms with van der Waals surface area (Å²) >= 11 is 5.40. The Morgan fingerprint density at radius 1 is 1.41 bits per heavy atom. The predicted octanol–water partition coefficient (Wildman–Crippen LogP) is 3.33. The van der Waals surface area contributed by atoms with E-state index in [4.69, 9.17) is 17.3 Å². The van der Waals surface area contributed by atoms with Gasteiger partial charge in [-0.15, -0.1) is 0 Å². The third kappa shape index (κ3) is 5.64. The monoisotopic (exact) mass is 322 g/mol. The first-order valence-electron chi connectivity index (χ1n) is 7.63. The van der Waals surface area contributed by atoms with Crippen LogP contribution in [0.25, 0.3) is 0 Å². The number of aliphatic carboxylic acids is 1. The molecule has 1 aliphatic rings. The molecule has 0 saturated carbocycles. The number of carbonyl (C=O) groups is 1. The van der Waals surface area contributed by atoms with Crippen molar-refractivity contribution in [3.63, 3.8) is 0 Å². The molecule has 0 bridgehead atoms. The van der Waals surface area contributed by atoms with Crippen molar-refractivity contribution in [1.82, 2.24) is 10.2 Å². The van der Waals surface area contributed by atoms with Gasteiger partial charge < -0.3 is 15.3 Å². The van der Waals surface area contributed by atoms with Crippen molar-refractivity contribution in [3.8, 4) is 0 Å². The summed E-state index contributed by atoms with van der Waals surface area (Å²) in [4.78, 5) is 13.1. The van der Waals surface area contributed by atoms with Crippen LogP contribution < -0.4 is 5.32 Å². The van der Waals surface area contributed by atoms with E-state index in [1.807, 2.05) is 32.1 Å². The molecule has 0 radical (unpaired) electrons. The van der Waals surface area contributed by atoms with Crippen molar-refractivity contribution in [2.75, 3.05) is 13.1 Å². The molecule has 22 heavy (non-hydrogen) atoms. The smallest absolute Gasteiger partial charge is 0.306 e. The number of carboxylic acids is 1. The Morgan fingerprint density at radius 2 is 2.00 bits per heavy atom. The summed E-state index contributed by atoms with van der Waals surface area (Å²) in [7, 11) is 0. The van der Waals surface area contributed by atoms with Crippen molar-refractivity contribution < 1.29 is 9.90 Å². The normalized spacial score (nSPS) is 18.3. The van der Waals surface area contributed by atoms with E-state index in [1.165, 1.54) is 0 Å². The van der Waals surface area contributed by atoms with Crippen LogP contribution in [-0.2, 0) is 4.79 Å². The van der Waals surface area contributed by atoms with Gasteiger partial charge in [-0.25, -0.2) is 0 Å². The molecule has 1 unspecified atom stereocenters. The van der Waals surface area contributed by atoms with E-state index < -0.39 is 5.97 Å². The number of rotatable bonds is 5. The molecule has 1 heterocycles. The highest BCUT2D eigenvalue weighted by Gasteiger charge is 2.28. The molecule has 0 spiro atoms. The Balaban J connectivity index is 2.44. The maximum Gasteiger partial charge on any atom is 0.306 e. The van der Waals surface area contributed by atoms with Gasteiger partial charge in [0.25, 0.3) is 0 Å². The average molecular weight is 322 g/mol. The Kier molecular flexibility index (Phi) is 7.32. The van der Waals surface area contributed by atoms with Crippen LogP contribution >= 0.6 is 12.2 Å². The number of carboxylic acid groups (broad SMARTS) is 1. The fraction of sp³-hybridized carbons (Fsp3) is 0.529. The summed E-state index contributed by atoms with van der Waals surface area (Å²) < 4.78 is 0. The number of allylic oxidation sites excluding steroid dienone is 4. The van der Waals surface area contributed by atoms with Crippen LogP contribution in [0.4, 0.5) is 0 Å². The number of nitrogens with one attached hydrogen (secondary N) is 1. The lowest BCUT2D eigenvalue weighted by molar-refractivity contribution is -0.143. The summed E-state index contributed by atoms with van der Waals surface area (Å²) in [5, 5.41) is 12.9. The van der Waals surface area contributed by atoms with E-state index in [0.29, 0.717) is 5.11 Å². The fourth-order valence-electron chi connectivity index (χ4n) is 2.39. The van der Waals surface area contributed by atoms with Crippen molar-refractivity contribution in [1.29, 1.82) is 0 Å². The van der Waals surface area contributed by atoms with Gasteiger partial charge in [0.1, 0.15) is 0 Å². The minimum atomic E-state index is -0.711. The molecular weight excluding hydrogens is 296 g/mol. The van der Waals surface area contributed by atoms with Crippen LogP contribution in [0, 0.1) is 11.8 Å². The van der Waals surface area contributed by atoms with E-state index >= 15 is 0 Å². The molecule has 5 heteroatoms. The van der Waals surface area contributed by atoms with Crippen LogP contribution in [0.3, 0.4) is 0 Å². The van der Waals surface area contributed by atoms with Gasteiger partial charge >= 0.3 is 5.97 Å². The maximum absolute atomic E-state index is 11.0. The number of nitrogens with zero attached hydrogens (tertiary/aromatic N) is 1. The number of hydrogen-bond acceptors (Lipinski definition) is 2. The molecule has 0 aromatic rings. The van der Waals surface area contributed by atoms with Gasteiger partial charge in [-0.3, -0.25) is 4.79 Å². The number of thiocarbonyl (C=S) groups is 1. The first kappa shape index (κ1) is 18.4. The Labute approximate surface area is 138 Å². The standard InChI is InChI=1S/C17H26N2O2S/c1-5-12(2)6-7-13(3)18-17(22)19-10-8-15(9-11-19)14(4)16(20)21/h5-7,14-15H,3,8-11H2,1-2,4H3,(H,18,22)(H,20,21)/b7-6-,12-5-. The SMILES string of the molecule is C=C(/C=C\C(C)=C/C)NC(=S)N1CCC(C(C)C(=O)O)CC1.